The fourth-order valence-electron chi connectivity index (χ4n) is 3.08. The van der Waals surface area contributed by atoms with E-state index in [1.165, 1.54) is 23.5 Å². The number of rotatable bonds is 1. The first-order valence-electron chi connectivity index (χ1n) is 7.73. The summed E-state index contributed by atoms with van der Waals surface area (Å²) in [5.41, 5.74) is 0.539. The Morgan fingerprint density at radius 3 is 2.64 bits per heavy atom. The Labute approximate surface area is 144 Å². The number of hydrogen-bond acceptors (Lipinski definition) is 4. The van der Waals surface area contributed by atoms with E-state index < -0.39 is 11.7 Å². The average molecular weight is 365 g/mol. The minimum Gasteiger partial charge on any atom is -0.306 e. The molecule has 1 N–H and O–H groups in total. The molecule has 4 rings (SSSR count). The quantitative estimate of drug-likeness (QED) is 0.716. The van der Waals surface area contributed by atoms with Crippen LogP contribution in [0.5, 0.6) is 0 Å². The maximum Gasteiger partial charge on any atom is 0.416 e. The summed E-state index contributed by atoms with van der Waals surface area (Å²) in [6, 6.07) is 4.64. The molecule has 1 aliphatic rings. The number of nitrogens with one attached hydrogen (secondary N) is 1. The number of alkyl halides is 3. The zero-order valence-corrected chi connectivity index (χ0v) is 14.1. The van der Waals surface area contributed by atoms with E-state index >= 15 is 0 Å². The van der Waals surface area contributed by atoms with Gasteiger partial charge < -0.3 is 9.88 Å². The van der Waals surface area contributed by atoms with Gasteiger partial charge in [-0.3, -0.25) is 4.79 Å². The number of aromatic amines is 1. The van der Waals surface area contributed by atoms with Gasteiger partial charge in [0.1, 0.15) is 10.7 Å². The third kappa shape index (κ3) is 2.85. The molecule has 8 heteroatoms. The van der Waals surface area contributed by atoms with Gasteiger partial charge in [-0.25, -0.2) is 4.98 Å². The predicted molar refractivity (Wildman–Crippen MR) is 90.7 cm³/mol. The summed E-state index contributed by atoms with van der Waals surface area (Å²) < 4.78 is 38.0. The largest absolute Gasteiger partial charge is 0.416 e. The summed E-state index contributed by atoms with van der Waals surface area (Å²) in [4.78, 5) is 23.7. The van der Waals surface area contributed by atoms with Gasteiger partial charge in [0.25, 0.3) is 5.56 Å². The fraction of sp³-hybridized carbons (Fsp3) is 0.294. The van der Waals surface area contributed by atoms with Crippen molar-refractivity contribution >= 4 is 21.6 Å². The van der Waals surface area contributed by atoms with Crippen molar-refractivity contribution in [3.8, 4) is 11.4 Å². The highest BCUT2D eigenvalue weighted by atomic mass is 32.1. The van der Waals surface area contributed by atoms with Crippen LogP contribution in [0.2, 0.25) is 0 Å². The lowest BCUT2D eigenvalue weighted by atomic mass is 10.1. The second kappa shape index (κ2) is 5.67. The van der Waals surface area contributed by atoms with E-state index in [1.54, 1.807) is 0 Å². The first-order chi connectivity index (χ1) is 11.8. The van der Waals surface area contributed by atoms with Crippen LogP contribution in [-0.4, -0.2) is 28.5 Å². The Hall–Kier alpha value is -2.19. The monoisotopic (exact) mass is 365 g/mol. The Morgan fingerprint density at radius 1 is 1.24 bits per heavy atom. The van der Waals surface area contributed by atoms with E-state index in [-0.39, 0.29) is 11.4 Å². The topological polar surface area (TPSA) is 49.0 Å². The molecule has 3 aromatic rings. The first kappa shape index (κ1) is 16.3. The van der Waals surface area contributed by atoms with Crippen molar-refractivity contribution in [2.45, 2.75) is 19.1 Å². The van der Waals surface area contributed by atoms with Crippen molar-refractivity contribution in [3.63, 3.8) is 0 Å². The second-order valence-corrected chi connectivity index (χ2v) is 7.24. The van der Waals surface area contributed by atoms with Gasteiger partial charge >= 0.3 is 6.18 Å². The molecule has 0 aliphatic carbocycles. The molecule has 130 valence electrons. The SMILES string of the molecule is CN1CCc2c(sc3nc(-c4ccc(C(F)(F)F)cc4)[nH]c(=O)c23)C1. The third-order valence-electron chi connectivity index (χ3n) is 4.39. The van der Waals surface area contributed by atoms with Crippen LogP contribution in [0.15, 0.2) is 29.1 Å². The summed E-state index contributed by atoms with van der Waals surface area (Å²) in [5, 5.41) is 0.615. The maximum atomic E-state index is 12.7. The first-order valence-corrected chi connectivity index (χ1v) is 8.55. The van der Waals surface area contributed by atoms with Gasteiger partial charge in [0.05, 0.1) is 10.9 Å². The van der Waals surface area contributed by atoms with Gasteiger partial charge in [0.2, 0.25) is 0 Å². The van der Waals surface area contributed by atoms with E-state index in [1.807, 2.05) is 7.05 Å². The highest BCUT2D eigenvalue weighted by Gasteiger charge is 2.30. The summed E-state index contributed by atoms with van der Waals surface area (Å²) >= 11 is 1.48. The molecule has 0 unspecified atom stereocenters. The zero-order valence-electron chi connectivity index (χ0n) is 13.3. The van der Waals surface area contributed by atoms with Crippen molar-refractivity contribution in [1.82, 2.24) is 14.9 Å². The third-order valence-corrected chi connectivity index (χ3v) is 5.50. The molecule has 0 radical (unpaired) electrons. The summed E-state index contributed by atoms with van der Waals surface area (Å²) in [6.45, 7) is 1.67. The van der Waals surface area contributed by atoms with Crippen LogP contribution in [0, 0.1) is 0 Å². The van der Waals surface area contributed by atoms with Gasteiger partial charge in [-0.05, 0) is 31.2 Å². The molecule has 2 aromatic heterocycles. The molecule has 0 atom stereocenters. The highest BCUT2D eigenvalue weighted by Crippen LogP contribution is 2.33. The van der Waals surface area contributed by atoms with Crippen molar-refractivity contribution < 1.29 is 13.2 Å². The number of aromatic nitrogens is 2. The molecule has 0 saturated heterocycles. The molecule has 25 heavy (non-hydrogen) atoms. The van der Waals surface area contributed by atoms with Gasteiger partial charge in [-0.15, -0.1) is 11.3 Å². The molecule has 0 amide bonds. The maximum absolute atomic E-state index is 12.7. The van der Waals surface area contributed by atoms with Gasteiger partial charge in [-0.1, -0.05) is 12.1 Å². The van der Waals surface area contributed by atoms with Crippen LogP contribution in [0.1, 0.15) is 16.0 Å². The van der Waals surface area contributed by atoms with Crippen LogP contribution in [-0.2, 0) is 19.1 Å². The lowest BCUT2D eigenvalue weighted by molar-refractivity contribution is -0.137. The molecular weight excluding hydrogens is 351 g/mol. The molecule has 4 nitrogen and oxygen atoms in total. The lowest BCUT2D eigenvalue weighted by Gasteiger charge is -2.21. The summed E-state index contributed by atoms with van der Waals surface area (Å²) in [7, 11) is 2.03. The van der Waals surface area contributed by atoms with E-state index in [4.69, 9.17) is 0 Å². The van der Waals surface area contributed by atoms with Crippen LogP contribution in [0.25, 0.3) is 21.6 Å². The standard InChI is InChI=1S/C17H14F3N3OS/c1-23-7-6-11-12(8-23)25-16-13(11)15(24)21-14(22-16)9-2-4-10(5-3-9)17(18,19)20/h2-5H,6-8H2,1H3,(H,21,22,24). The molecule has 3 heterocycles. The Balaban J connectivity index is 1.80. The number of nitrogens with zero attached hydrogens (tertiary/aromatic N) is 2. The average Bonchev–Trinajstić information content (AvgIpc) is 2.91. The number of likely N-dealkylation sites (N-methyl/N-ethyl adjacent to an activating group) is 1. The number of benzene rings is 1. The number of H-pyrrole nitrogens is 1. The number of hydrogen-bond donors (Lipinski definition) is 1. The fourth-order valence-corrected chi connectivity index (χ4v) is 4.38. The highest BCUT2D eigenvalue weighted by molar-refractivity contribution is 7.18. The number of fused-ring (bicyclic) bond motifs is 3. The predicted octanol–water partition coefficient (Wildman–Crippen LogP) is 3.66. The van der Waals surface area contributed by atoms with E-state index in [0.717, 1.165) is 42.1 Å². The van der Waals surface area contributed by atoms with Crippen LogP contribution < -0.4 is 5.56 Å². The minimum absolute atomic E-state index is 0.234. The van der Waals surface area contributed by atoms with E-state index in [0.29, 0.717) is 15.8 Å². The molecule has 1 aromatic carbocycles. The molecule has 0 bridgehead atoms. The molecular formula is C17H14F3N3OS. The summed E-state index contributed by atoms with van der Waals surface area (Å²) in [5.74, 6) is 0.290. The number of thiophene rings is 1. The molecule has 0 spiro atoms. The smallest absolute Gasteiger partial charge is 0.306 e. The van der Waals surface area contributed by atoms with Crippen LogP contribution >= 0.6 is 11.3 Å². The second-order valence-electron chi connectivity index (χ2n) is 6.16. The van der Waals surface area contributed by atoms with Crippen LogP contribution in [0.4, 0.5) is 13.2 Å². The molecule has 0 saturated carbocycles. The Kier molecular flexibility index (Phi) is 3.69. The van der Waals surface area contributed by atoms with Crippen molar-refractivity contribution in [3.05, 3.63) is 50.6 Å². The number of halogens is 3. The zero-order chi connectivity index (χ0) is 17.8. The van der Waals surface area contributed by atoms with Crippen molar-refractivity contribution in [2.75, 3.05) is 13.6 Å². The van der Waals surface area contributed by atoms with E-state index in [9.17, 15) is 18.0 Å². The Morgan fingerprint density at radius 2 is 1.96 bits per heavy atom. The van der Waals surface area contributed by atoms with Gasteiger partial charge in [0, 0.05) is 23.5 Å². The molecule has 0 fully saturated rings. The van der Waals surface area contributed by atoms with Crippen LogP contribution in [0.3, 0.4) is 0 Å². The lowest BCUT2D eigenvalue weighted by Crippen LogP contribution is -2.25. The van der Waals surface area contributed by atoms with Gasteiger partial charge in [-0.2, -0.15) is 13.2 Å². The molecule has 1 aliphatic heterocycles. The normalized spacial score (nSPS) is 15.5. The van der Waals surface area contributed by atoms with Crippen molar-refractivity contribution in [1.29, 1.82) is 0 Å². The minimum atomic E-state index is -4.39. The summed E-state index contributed by atoms with van der Waals surface area (Å²) in [6.07, 6.45) is -3.58. The Bertz CT molecular complexity index is 1000. The van der Waals surface area contributed by atoms with E-state index in [2.05, 4.69) is 14.9 Å². The van der Waals surface area contributed by atoms with Crippen molar-refractivity contribution in [2.24, 2.45) is 0 Å². The van der Waals surface area contributed by atoms with Gasteiger partial charge in [0.15, 0.2) is 0 Å².